The summed E-state index contributed by atoms with van der Waals surface area (Å²) < 4.78 is 13.1. The maximum atomic E-state index is 12.0. The molecule has 0 aromatic carbocycles. The molecule has 5 rings (SSSR count). The molecule has 0 bridgehead atoms. The number of carbonyl (C=O) groups is 2. The minimum atomic E-state index is -0.178. The van der Waals surface area contributed by atoms with Crippen molar-refractivity contribution < 1.29 is 19.1 Å². The van der Waals surface area contributed by atoms with Crippen molar-refractivity contribution in [1.29, 1.82) is 0 Å². The number of fused-ring (bicyclic) bond motifs is 7. The Bertz CT molecular complexity index is 981. The Morgan fingerprint density at radius 1 is 1.11 bits per heavy atom. The van der Waals surface area contributed by atoms with Gasteiger partial charge in [-0.1, -0.05) is 20.8 Å². The normalized spacial score (nSPS) is 40.1. The molecule has 0 amide bonds. The Kier molecular flexibility index (Phi) is 6.92. The van der Waals surface area contributed by atoms with E-state index in [9.17, 15) is 9.59 Å². The van der Waals surface area contributed by atoms with Crippen LogP contribution in [-0.4, -0.2) is 44.9 Å². The summed E-state index contributed by atoms with van der Waals surface area (Å²) >= 11 is 0. The summed E-state index contributed by atoms with van der Waals surface area (Å²) in [4.78, 5) is 23.7. The van der Waals surface area contributed by atoms with Crippen LogP contribution in [-0.2, 0) is 25.5 Å². The van der Waals surface area contributed by atoms with Crippen LogP contribution in [0, 0.1) is 40.4 Å². The summed E-state index contributed by atoms with van der Waals surface area (Å²) in [5.74, 6) is 3.32. The third-order valence-corrected chi connectivity index (χ3v) is 11.0. The number of tetrazole rings is 1. The van der Waals surface area contributed by atoms with Gasteiger partial charge in [0.2, 0.25) is 0 Å². The molecular weight excluding hydrogens is 456 g/mol. The number of hydrogen-bond acceptors (Lipinski definition) is 7. The Morgan fingerprint density at radius 2 is 1.86 bits per heavy atom. The zero-order valence-electron chi connectivity index (χ0n) is 22.7. The van der Waals surface area contributed by atoms with Gasteiger partial charge in [0.15, 0.2) is 5.82 Å². The fourth-order valence-electron chi connectivity index (χ4n) is 9.24. The monoisotopic (exact) mass is 500 g/mol. The minimum absolute atomic E-state index is 0.00595. The summed E-state index contributed by atoms with van der Waals surface area (Å²) in [6, 6.07) is 0.316. The van der Waals surface area contributed by atoms with E-state index >= 15 is 0 Å². The van der Waals surface area contributed by atoms with Gasteiger partial charge in [-0.25, -0.2) is 4.68 Å². The molecule has 9 atom stereocenters. The standard InChI is InChI=1S/C28H44N4O4/c1-6-35-25(34)10-7-17(2)21-8-9-22-26-23(12-14-28(21,22)5)27(4)13-11-20(36-18(3)33)15-19(27)16-24-29-30-31-32(24)26/h17,19-23,26H,6-16H2,1-5H3/t17-,19+,20-,21-,22+,23+,26+,27+,28-/m1/s1. The van der Waals surface area contributed by atoms with Crippen molar-refractivity contribution in [2.45, 2.75) is 111 Å². The largest absolute Gasteiger partial charge is 0.466 e. The average Bonchev–Trinajstić information content (AvgIpc) is 3.40. The van der Waals surface area contributed by atoms with Crippen LogP contribution in [0.5, 0.6) is 0 Å². The third-order valence-electron chi connectivity index (χ3n) is 11.0. The number of rotatable bonds is 6. The van der Waals surface area contributed by atoms with Crippen molar-refractivity contribution in [3.05, 3.63) is 5.82 Å². The fourth-order valence-corrected chi connectivity index (χ4v) is 9.24. The van der Waals surface area contributed by atoms with Crippen LogP contribution in [0.1, 0.15) is 104 Å². The topological polar surface area (TPSA) is 96.2 Å². The molecule has 3 fully saturated rings. The summed E-state index contributed by atoms with van der Waals surface area (Å²) in [7, 11) is 0. The molecule has 1 aromatic rings. The van der Waals surface area contributed by atoms with Crippen molar-refractivity contribution in [2.75, 3.05) is 6.61 Å². The first kappa shape index (κ1) is 25.7. The second-order valence-corrected chi connectivity index (χ2v) is 12.7. The van der Waals surface area contributed by atoms with Gasteiger partial charge in [0, 0.05) is 19.8 Å². The first-order valence-electron chi connectivity index (χ1n) is 14.3. The van der Waals surface area contributed by atoms with Crippen molar-refractivity contribution in [1.82, 2.24) is 20.2 Å². The number of esters is 2. The van der Waals surface area contributed by atoms with E-state index in [1.165, 1.54) is 32.6 Å². The second-order valence-electron chi connectivity index (χ2n) is 12.7. The zero-order chi connectivity index (χ0) is 25.7. The molecule has 0 spiro atoms. The Labute approximate surface area is 215 Å². The Morgan fingerprint density at radius 3 is 2.61 bits per heavy atom. The lowest BCUT2D eigenvalue weighted by Gasteiger charge is -2.56. The van der Waals surface area contributed by atoms with Gasteiger partial charge >= 0.3 is 11.9 Å². The molecule has 3 aliphatic carbocycles. The number of carbonyl (C=O) groups excluding carboxylic acids is 2. The predicted molar refractivity (Wildman–Crippen MR) is 134 cm³/mol. The molecule has 8 heteroatoms. The van der Waals surface area contributed by atoms with Gasteiger partial charge in [-0.05, 0) is 109 Å². The van der Waals surface area contributed by atoms with Crippen LogP contribution in [0.15, 0.2) is 0 Å². The van der Waals surface area contributed by atoms with E-state index in [0.717, 1.165) is 37.9 Å². The Hall–Kier alpha value is -1.99. The number of ether oxygens (including phenoxy) is 2. The van der Waals surface area contributed by atoms with E-state index in [0.29, 0.717) is 48.7 Å². The molecule has 0 saturated heterocycles. The van der Waals surface area contributed by atoms with Gasteiger partial charge in [0.25, 0.3) is 0 Å². The first-order chi connectivity index (χ1) is 17.2. The van der Waals surface area contributed by atoms with Gasteiger partial charge in [-0.2, -0.15) is 0 Å². The average molecular weight is 501 g/mol. The van der Waals surface area contributed by atoms with Gasteiger partial charge in [-0.15, -0.1) is 5.10 Å². The van der Waals surface area contributed by atoms with Gasteiger partial charge in [0.05, 0.1) is 12.6 Å². The maximum Gasteiger partial charge on any atom is 0.305 e. The number of nitrogens with zero attached hydrogens (tertiary/aromatic N) is 4. The molecule has 2 heterocycles. The van der Waals surface area contributed by atoms with Gasteiger partial charge in [0.1, 0.15) is 6.10 Å². The van der Waals surface area contributed by atoms with Gasteiger partial charge < -0.3 is 9.47 Å². The first-order valence-corrected chi connectivity index (χ1v) is 14.3. The SMILES string of the molecule is CCOC(=O)CC[C@@H](C)[C@H]1CC[C@H]2[C@H]3[C@H](CC[C@]12C)[C@@]1(C)CC[C@@H](OC(C)=O)C[C@H]1Cc1nnnn13. The number of hydrogen-bond donors (Lipinski definition) is 0. The quantitative estimate of drug-likeness (QED) is 0.511. The highest BCUT2D eigenvalue weighted by atomic mass is 16.5. The van der Waals surface area contributed by atoms with Crippen LogP contribution in [0.3, 0.4) is 0 Å². The molecule has 0 radical (unpaired) electrons. The molecule has 200 valence electrons. The van der Waals surface area contributed by atoms with Crippen LogP contribution in [0.25, 0.3) is 0 Å². The lowest BCUT2D eigenvalue weighted by atomic mass is 9.50. The fraction of sp³-hybridized carbons (Fsp3) is 0.893. The van der Waals surface area contributed by atoms with E-state index in [4.69, 9.17) is 9.47 Å². The Balaban J connectivity index is 1.40. The van der Waals surface area contributed by atoms with Crippen molar-refractivity contribution >= 4 is 11.9 Å². The smallest absolute Gasteiger partial charge is 0.305 e. The van der Waals surface area contributed by atoms with E-state index in [1.807, 2.05) is 6.92 Å². The lowest BCUT2D eigenvalue weighted by Crippen LogP contribution is -2.51. The van der Waals surface area contributed by atoms with Crippen LogP contribution < -0.4 is 0 Å². The molecule has 36 heavy (non-hydrogen) atoms. The van der Waals surface area contributed by atoms with Crippen LogP contribution in [0.2, 0.25) is 0 Å². The van der Waals surface area contributed by atoms with E-state index < -0.39 is 0 Å². The molecule has 3 saturated carbocycles. The van der Waals surface area contributed by atoms with E-state index in [1.54, 1.807) is 0 Å². The van der Waals surface area contributed by atoms with E-state index in [2.05, 4.69) is 41.0 Å². The molecule has 0 unspecified atom stereocenters. The van der Waals surface area contributed by atoms with E-state index in [-0.39, 0.29) is 28.9 Å². The highest BCUT2D eigenvalue weighted by Crippen LogP contribution is 2.67. The van der Waals surface area contributed by atoms with Crippen molar-refractivity contribution in [3.8, 4) is 0 Å². The van der Waals surface area contributed by atoms with Crippen molar-refractivity contribution in [2.24, 2.45) is 40.4 Å². The molecule has 4 aliphatic rings. The van der Waals surface area contributed by atoms with Gasteiger partial charge in [-0.3, -0.25) is 9.59 Å². The summed E-state index contributed by atoms with van der Waals surface area (Å²) in [5.41, 5.74) is 0.405. The third kappa shape index (κ3) is 4.26. The zero-order valence-corrected chi connectivity index (χ0v) is 22.7. The molecule has 0 N–H and O–H groups in total. The number of aromatic nitrogens is 4. The predicted octanol–water partition coefficient (Wildman–Crippen LogP) is 4.93. The summed E-state index contributed by atoms with van der Waals surface area (Å²) in [6.45, 7) is 11.2. The molecular formula is C28H44N4O4. The summed E-state index contributed by atoms with van der Waals surface area (Å²) in [5, 5.41) is 13.3. The summed E-state index contributed by atoms with van der Waals surface area (Å²) in [6.07, 6.45) is 10.0. The second kappa shape index (κ2) is 9.71. The van der Waals surface area contributed by atoms with Crippen LogP contribution in [0.4, 0.5) is 0 Å². The molecule has 1 aromatic heterocycles. The maximum absolute atomic E-state index is 12.0. The highest BCUT2D eigenvalue weighted by molar-refractivity contribution is 5.69. The molecule has 8 nitrogen and oxygen atoms in total. The van der Waals surface area contributed by atoms with Crippen LogP contribution >= 0.6 is 0 Å². The minimum Gasteiger partial charge on any atom is -0.466 e. The molecule has 1 aliphatic heterocycles. The lowest BCUT2D eigenvalue weighted by molar-refractivity contribution is -0.153. The highest BCUT2D eigenvalue weighted by Gasteiger charge is 2.61. The van der Waals surface area contributed by atoms with Crippen molar-refractivity contribution in [3.63, 3.8) is 0 Å².